The molecule has 4 atom stereocenters. The molecule has 4 aromatic rings. The summed E-state index contributed by atoms with van der Waals surface area (Å²) < 4.78 is 28.6. The number of benzene rings is 3. The Morgan fingerprint density at radius 2 is 1.56 bits per heavy atom. The van der Waals surface area contributed by atoms with E-state index < -0.39 is 43.6 Å². The number of hydrogen-bond acceptors (Lipinski definition) is 7. The van der Waals surface area contributed by atoms with Gasteiger partial charge >= 0.3 is 5.69 Å². The van der Waals surface area contributed by atoms with Crippen LogP contribution < -0.4 is 21.6 Å². The van der Waals surface area contributed by atoms with Crippen molar-refractivity contribution in [3.05, 3.63) is 140 Å². The first kappa shape index (κ1) is 35.0. The monoisotopic (exact) mass is 669 g/mol. The number of aromatic nitrogens is 2. The van der Waals surface area contributed by atoms with Crippen molar-refractivity contribution in [2.24, 2.45) is 5.11 Å². The highest BCUT2D eigenvalue weighted by Crippen LogP contribution is 2.45. The average molecular weight is 670 g/mol. The molecule has 0 unspecified atom stereocenters. The van der Waals surface area contributed by atoms with E-state index in [1.54, 1.807) is 7.11 Å². The largest absolute Gasteiger partial charge is 0.404 e. The standard InChI is InChI=1S/C36H43N5O6Si/c1-35(2,3)48(28-17-10-6-11-18-28,29-19-12-7-13-20-29)46-26-36(22-14-23-38-40-37)32(45-25-27-15-8-5-9-16-27)31(44-4)33(47-36)41-24-21-30(42)39-34(41)43/h5-13,15-21,24,31-33H,14,22-23,25-26H2,1-4H3,(H,39,42,43)/t31-,32+,33-,36-/m1/s1. The zero-order valence-corrected chi connectivity index (χ0v) is 28.8. The minimum absolute atomic E-state index is 0.0878. The van der Waals surface area contributed by atoms with E-state index >= 15 is 0 Å². The lowest BCUT2D eigenvalue weighted by Crippen LogP contribution is -2.68. The third-order valence-corrected chi connectivity index (χ3v) is 14.0. The van der Waals surface area contributed by atoms with E-state index in [0.29, 0.717) is 12.8 Å². The quantitative estimate of drug-likeness (QED) is 0.0654. The molecule has 1 fully saturated rings. The van der Waals surface area contributed by atoms with Crippen LogP contribution in [0.1, 0.15) is 45.4 Å². The normalized spacial score (nSPS) is 21.1. The fraction of sp³-hybridized carbons (Fsp3) is 0.389. The van der Waals surface area contributed by atoms with E-state index in [2.05, 4.69) is 60.0 Å². The number of azide groups is 1. The Morgan fingerprint density at radius 1 is 0.958 bits per heavy atom. The number of nitrogens with zero attached hydrogens (tertiary/aromatic N) is 4. The number of H-pyrrole nitrogens is 1. The fourth-order valence-electron chi connectivity index (χ4n) is 6.79. The topological polar surface area (TPSA) is 141 Å². The molecule has 11 nitrogen and oxygen atoms in total. The molecule has 252 valence electrons. The molecule has 1 aliphatic rings. The second-order valence-corrected chi connectivity index (χ2v) is 17.3. The zero-order valence-electron chi connectivity index (χ0n) is 27.8. The van der Waals surface area contributed by atoms with Gasteiger partial charge in [0.05, 0.1) is 13.2 Å². The van der Waals surface area contributed by atoms with Gasteiger partial charge in [-0.25, -0.2) is 4.79 Å². The summed E-state index contributed by atoms with van der Waals surface area (Å²) in [6.07, 6.45) is -0.204. The van der Waals surface area contributed by atoms with Gasteiger partial charge in [-0.2, -0.15) is 0 Å². The number of nitrogens with one attached hydrogen (secondary N) is 1. The average Bonchev–Trinajstić information content (AvgIpc) is 3.39. The van der Waals surface area contributed by atoms with Crippen molar-refractivity contribution in [1.82, 2.24) is 9.55 Å². The summed E-state index contributed by atoms with van der Waals surface area (Å²) in [5.41, 5.74) is 7.70. The van der Waals surface area contributed by atoms with Gasteiger partial charge in [0.2, 0.25) is 0 Å². The summed E-state index contributed by atoms with van der Waals surface area (Å²) in [6, 6.07) is 31.7. The van der Waals surface area contributed by atoms with Crippen LogP contribution in [0.5, 0.6) is 0 Å². The Hall–Kier alpha value is -4.29. The van der Waals surface area contributed by atoms with E-state index in [4.69, 9.17) is 24.2 Å². The zero-order chi connectivity index (χ0) is 34.2. The molecule has 3 aromatic carbocycles. The lowest BCUT2D eigenvalue weighted by atomic mass is 9.90. The van der Waals surface area contributed by atoms with Crippen LogP contribution in [0.25, 0.3) is 10.4 Å². The smallest absolute Gasteiger partial charge is 0.330 e. The van der Waals surface area contributed by atoms with Crippen LogP contribution in [0.15, 0.2) is 118 Å². The fourth-order valence-corrected chi connectivity index (χ4v) is 11.4. The maximum absolute atomic E-state index is 13.2. The molecule has 0 radical (unpaired) electrons. The molecule has 5 rings (SSSR count). The van der Waals surface area contributed by atoms with Crippen molar-refractivity contribution < 1.29 is 18.6 Å². The van der Waals surface area contributed by atoms with Crippen molar-refractivity contribution in [2.45, 2.75) is 69.3 Å². The first-order valence-corrected chi connectivity index (χ1v) is 18.0. The number of hydrogen-bond donors (Lipinski definition) is 1. The summed E-state index contributed by atoms with van der Waals surface area (Å²) >= 11 is 0. The van der Waals surface area contributed by atoms with Crippen LogP contribution in [0.4, 0.5) is 0 Å². The molecule has 48 heavy (non-hydrogen) atoms. The highest BCUT2D eigenvalue weighted by Gasteiger charge is 2.59. The molecule has 1 aromatic heterocycles. The van der Waals surface area contributed by atoms with Gasteiger partial charge in [0, 0.05) is 30.8 Å². The summed E-state index contributed by atoms with van der Waals surface area (Å²) in [6.45, 7) is 7.17. The number of rotatable bonds is 14. The summed E-state index contributed by atoms with van der Waals surface area (Å²) in [4.78, 5) is 30.5. The maximum atomic E-state index is 13.2. The van der Waals surface area contributed by atoms with Gasteiger partial charge < -0.3 is 18.6 Å². The summed E-state index contributed by atoms with van der Waals surface area (Å²) in [5.74, 6) is 0. The van der Waals surface area contributed by atoms with E-state index in [1.165, 1.54) is 16.8 Å². The van der Waals surface area contributed by atoms with Gasteiger partial charge in [0.25, 0.3) is 13.9 Å². The van der Waals surface area contributed by atoms with Crippen molar-refractivity contribution >= 4 is 18.7 Å². The third kappa shape index (κ3) is 7.24. The predicted octanol–water partition coefficient (Wildman–Crippen LogP) is 5.07. The van der Waals surface area contributed by atoms with E-state index in [0.717, 1.165) is 15.9 Å². The van der Waals surface area contributed by atoms with Crippen molar-refractivity contribution in [3.63, 3.8) is 0 Å². The second kappa shape index (κ2) is 15.3. The van der Waals surface area contributed by atoms with E-state index in [1.807, 2.05) is 66.7 Å². The molecular weight excluding hydrogens is 627 g/mol. The summed E-state index contributed by atoms with van der Waals surface area (Å²) in [5, 5.41) is 5.67. The Labute approximate surface area is 281 Å². The first-order valence-electron chi connectivity index (χ1n) is 16.1. The van der Waals surface area contributed by atoms with Crippen LogP contribution in [0.2, 0.25) is 5.04 Å². The first-order chi connectivity index (χ1) is 23.1. The van der Waals surface area contributed by atoms with E-state index in [9.17, 15) is 9.59 Å². The van der Waals surface area contributed by atoms with Crippen LogP contribution >= 0.6 is 0 Å². The van der Waals surface area contributed by atoms with Crippen LogP contribution in [0.3, 0.4) is 0 Å². The molecule has 2 heterocycles. The molecular formula is C36H43N5O6Si. The van der Waals surface area contributed by atoms with Crippen molar-refractivity contribution in [3.8, 4) is 0 Å². The highest BCUT2D eigenvalue weighted by molar-refractivity contribution is 6.99. The van der Waals surface area contributed by atoms with Gasteiger partial charge in [0.1, 0.15) is 17.8 Å². The Morgan fingerprint density at radius 3 is 2.10 bits per heavy atom. The van der Waals surface area contributed by atoms with E-state index in [-0.39, 0.29) is 24.8 Å². The lowest BCUT2D eigenvalue weighted by molar-refractivity contribution is -0.145. The lowest BCUT2D eigenvalue weighted by Gasteiger charge is -2.46. The van der Waals surface area contributed by atoms with Crippen LogP contribution in [-0.2, 0) is 25.2 Å². The molecule has 1 N–H and O–H groups in total. The summed E-state index contributed by atoms with van der Waals surface area (Å²) in [7, 11) is -1.51. The minimum atomic E-state index is -3.06. The number of methoxy groups -OCH3 is 1. The molecule has 0 spiro atoms. The van der Waals surface area contributed by atoms with Crippen LogP contribution in [0, 0.1) is 0 Å². The SMILES string of the molecule is CO[C@H]1[C@H](n2ccc(=O)[nH]c2=O)O[C@](CCCN=[N+]=[N-])(CO[Si](c2ccccc2)(c2ccccc2)C(C)(C)C)[C@H]1OCc1ccccc1. The minimum Gasteiger partial charge on any atom is -0.404 e. The second-order valence-electron chi connectivity index (χ2n) is 13.0. The Bertz CT molecular complexity index is 1750. The maximum Gasteiger partial charge on any atom is 0.330 e. The molecule has 1 saturated heterocycles. The van der Waals surface area contributed by atoms with Gasteiger partial charge in [-0.1, -0.05) is 117 Å². The highest BCUT2D eigenvalue weighted by atomic mass is 28.4. The van der Waals surface area contributed by atoms with Gasteiger partial charge in [-0.15, -0.1) is 0 Å². The Kier molecular flexibility index (Phi) is 11.2. The molecule has 0 saturated carbocycles. The van der Waals surface area contributed by atoms with Gasteiger partial charge in [-0.3, -0.25) is 14.3 Å². The number of aromatic amines is 1. The number of ether oxygens (including phenoxy) is 3. The third-order valence-electron chi connectivity index (χ3n) is 8.99. The predicted molar refractivity (Wildman–Crippen MR) is 187 cm³/mol. The van der Waals surface area contributed by atoms with Gasteiger partial charge in [0.15, 0.2) is 6.23 Å². The Balaban J connectivity index is 1.66. The van der Waals surface area contributed by atoms with Crippen LogP contribution in [-0.4, -0.2) is 55.9 Å². The molecule has 12 heteroatoms. The molecule has 0 amide bonds. The van der Waals surface area contributed by atoms with Crippen molar-refractivity contribution in [1.29, 1.82) is 0 Å². The molecule has 0 aliphatic carbocycles. The van der Waals surface area contributed by atoms with Crippen molar-refractivity contribution in [2.75, 3.05) is 20.3 Å². The molecule has 1 aliphatic heterocycles. The molecule has 0 bridgehead atoms. The van der Waals surface area contributed by atoms with Gasteiger partial charge in [-0.05, 0) is 39.3 Å².